The van der Waals surface area contributed by atoms with Crippen LogP contribution in [-0.2, 0) is 18.7 Å². The summed E-state index contributed by atoms with van der Waals surface area (Å²) in [5.74, 6) is 1.21. The van der Waals surface area contributed by atoms with E-state index in [1.165, 1.54) is 11.1 Å². The van der Waals surface area contributed by atoms with Crippen LogP contribution in [0.25, 0.3) is 0 Å². The summed E-state index contributed by atoms with van der Waals surface area (Å²) in [7, 11) is 0. The SMILES string of the molecule is CCNC(=NCc1ccccc1CN1CCN(CC)CC1)NCC(C)(O)c1ccco1. The fourth-order valence-corrected chi connectivity index (χ4v) is 3.80. The molecule has 2 heterocycles. The van der Waals surface area contributed by atoms with E-state index in [2.05, 4.69) is 51.6 Å². The Bertz CT molecular complexity index is 811. The van der Waals surface area contributed by atoms with E-state index in [0.717, 1.165) is 45.8 Å². The first kappa shape index (κ1) is 23.3. The second-order valence-electron chi connectivity index (χ2n) is 8.28. The van der Waals surface area contributed by atoms with Gasteiger partial charge in [0.2, 0.25) is 0 Å². The van der Waals surface area contributed by atoms with E-state index in [1.54, 1.807) is 25.3 Å². The van der Waals surface area contributed by atoms with Gasteiger partial charge in [-0.15, -0.1) is 0 Å². The molecule has 0 spiro atoms. The molecular weight excluding hydrogens is 390 g/mol. The van der Waals surface area contributed by atoms with Crippen LogP contribution < -0.4 is 10.6 Å². The molecule has 1 aliphatic heterocycles. The van der Waals surface area contributed by atoms with Gasteiger partial charge in [-0.05, 0) is 43.7 Å². The van der Waals surface area contributed by atoms with Crippen molar-refractivity contribution in [3.05, 3.63) is 59.5 Å². The molecule has 2 aromatic rings. The number of benzene rings is 1. The maximum Gasteiger partial charge on any atom is 0.191 e. The summed E-state index contributed by atoms with van der Waals surface area (Å²) in [6.45, 7) is 14.2. The van der Waals surface area contributed by atoms with Crippen molar-refractivity contribution in [2.24, 2.45) is 4.99 Å². The lowest BCUT2D eigenvalue weighted by Gasteiger charge is -2.34. The minimum atomic E-state index is -1.11. The molecule has 3 N–H and O–H groups in total. The molecular formula is C24H37N5O2. The van der Waals surface area contributed by atoms with Crippen LogP contribution in [0.3, 0.4) is 0 Å². The molecule has 1 fully saturated rings. The zero-order valence-corrected chi connectivity index (χ0v) is 19.1. The number of hydrogen-bond donors (Lipinski definition) is 3. The van der Waals surface area contributed by atoms with Crippen molar-refractivity contribution in [1.82, 2.24) is 20.4 Å². The van der Waals surface area contributed by atoms with Crippen molar-refractivity contribution in [2.45, 2.75) is 39.5 Å². The van der Waals surface area contributed by atoms with Crippen LogP contribution in [0, 0.1) is 0 Å². The van der Waals surface area contributed by atoms with Gasteiger partial charge in [0.15, 0.2) is 5.96 Å². The number of hydrogen-bond acceptors (Lipinski definition) is 5. The lowest BCUT2D eigenvalue weighted by atomic mass is 10.0. The minimum Gasteiger partial charge on any atom is -0.466 e. The fraction of sp³-hybridized carbons (Fsp3) is 0.542. The van der Waals surface area contributed by atoms with Crippen LogP contribution >= 0.6 is 0 Å². The second-order valence-corrected chi connectivity index (χ2v) is 8.28. The van der Waals surface area contributed by atoms with Crippen molar-refractivity contribution < 1.29 is 9.52 Å². The van der Waals surface area contributed by atoms with Gasteiger partial charge in [-0.3, -0.25) is 4.90 Å². The number of aliphatic imine (C=N–C) groups is 1. The van der Waals surface area contributed by atoms with E-state index in [-0.39, 0.29) is 0 Å². The summed E-state index contributed by atoms with van der Waals surface area (Å²) in [6.07, 6.45) is 1.57. The molecule has 1 saturated heterocycles. The van der Waals surface area contributed by atoms with E-state index in [9.17, 15) is 5.11 Å². The quantitative estimate of drug-likeness (QED) is 0.421. The summed E-state index contributed by atoms with van der Waals surface area (Å²) >= 11 is 0. The molecule has 31 heavy (non-hydrogen) atoms. The molecule has 1 aromatic heterocycles. The molecule has 0 bridgehead atoms. The molecule has 0 aliphatic carbocycles. The highest BCUT2D eigenvalue weighted by Gasteiger charge is 2.26. The Morgan fingerprint density at radius 1 is 1.03 bits per heavy atom. The number of piperazine rings is 1. The largest absolute Gasteiger partial charge is 0.466 e. The Morgan fingerprint density at radius 3 is 2.39 bits per heavy atom. The number of nitrogens with one attached hydrogen (secondary N) is 2. The van der Waals surface area contributed by atoms with E-state index in [4.69, 9.17) is 9.41 Å². The Labute approximate surface area is 186 Å². The van der Waals surface area contributed by atoms with E-state index >= 15 is 0 Å². The van der Waals surface area contributed by atoms with Crippen LogP contribution in [0.1, 0.15) is 37.7 Å². The van der Waals surface area contributed by atoms with Crippen molar-refractivity contribution in [3.63, 3.8) is 0 Å². The Balaban J connectivity index is 1.61. The average Bonchev–Trinajstić information content (AvgIpc) is 3.33. The van der Waals surface area contributed by atoms with Crippen LogP contribution in [0.4, 0.5) is 0 Å². The van der Waals surface area contributed by atoms with Gasteiger partial charge < -0.3 is 25.1 Å². The molecule has 1 aliphatic rings. The maximum atomic E-state index is 10.7. The molecule has 1 aromatic carbocycles. The first-order chi connectivity index (χ1) is 15.0. The molecule has 1 unspecified atom stereocenters. The number of rotatable bonds is 9. The number of guanidine groups is 1. The van der Waals surface area contributed by atoms with Crippen molar-refractivity contribution >= 4 is 5.96 Å². The van der Waals surface area contributed by atoms with Crippen molar-refractivity contribution in [1.29, 1.82) is 0 Å². The Kier molecular flexibility index (Phi) is 8.51. The molecule has 0 radical (unpaired) electrons. The number of aliphatic hydroxyl groups is 1. The van der Waals surface area contributed by atoms with Crippen molar-refractivity contribution in [3.8, 4) is 0 Å². The smallest absolute Gasteiger partial charge is 0.191 e. The fourth-order valence-electron chi connectivity index (χ4n) is 3.80. The third kappa shape index (κ3) is 6.82. The van der Waals surface area contributed by atoms with Crippen molar-refractivity contribution in [2.75, 3.05) is 45.8 Å². The highest BCUT2D eigenvalue weighted by Crippen LogP contribution is 2.20. The van der Waals surface area contributed by atoms with Gasteiger partial charge >= 0.3 is 0 Å². The molecule has 7 nitrogen and oxygen atoms in total. The minimum absolute atomic E-state index is 0.301. The summed E-state index contributed by atoms with van der Waals surface area (Å²) in [5, 5.41) is 17.2. The van der Waals surface area contributed by atoms with E-state index in [0.29, 0.717) is 24.8 Å². The molecule has 0 amide bonds. The van der Waals surface area contributed by atoms with Gasteiger partial charge in [0.05, 0.1) is 19.4 Å². The van der Waals surface area contributed by atoms with Crippen LogP contribution in [0.5, 0.6) is 0 Å². The van der Waals surface area contributed by atoms with Crippen LogP contribution in [0.15, 0.2) is 52.1 Å². The van der Waals surface area contributed by atoms with Gasteiger partial charge in [-0.25, -0.2) is 4.99 Å². The zero-order chi connectivity index (χ0) is 22.1. The summed E-state index contributed by atoms with van der Waals surface area (Å²) in [5.41, 5.74) is 1.45. The lowest BCUT2D eigenvalue weighted by molar-refractivity contribution is 0.0386. The number of likely N-dealkylation sites (N-methyl/N-ethyl adjacent to an activating group) is 1. The second kappa shape index (κ2) is 11.3. The average molecular weight is 428 g/mol. The summed E-state index contributed by atoms with van der Waals surface area (Å²) in [4.78, 5) is 9.80. The molecule has 0 saturated carbocycles. The van der Waals surface area contributed by atoms with Gasteiger partial charge in [-0.2, -0.15) is 0 Å². The third-order valence-corrected chi connectivity index (χ3v) is 5.83. The Morgan fingerprint density at radius 2 is 1.74 bits per heavy atom. The molecule has 1 atom stereocenters. The zero-order valence-electron chi connectivity index (χ0n) is 19.1. The predicted molar refractivity (Wildman–Crippen MR) is 125 cm³/mol. The highest BCUT2D eigenvalue weighted by atomic mass is 16.4. The standard InChI is InChI=1S/C24H37N5O2/c1-4-25-23(27-19-24(3,30)22-11-8-16-31-22)26-17-20-9-6-7-10-21(20)18-29-14-12-28(5-2)13-15-29/h6-11,16,30H,4-5,12-15,17-19H2,1-3H3,(H2,25,26,27). The first-order valence-electron chi connectivity index (χ1n) is 11.3. The third-order valence-electron chi connectivity index (χ3n) is 5.83. The summed E-state index contributed by atoms with van der Waals surface area (Å²) in [6, 6.07) is 12.1. The predicted octanol–water partition coefficient (Wildman–Crippen LogP) is 2.38. The van der Waals surface area contributed by atoms with E-state index < -0.39 is 5.60 Å². The highest BCUT2D eigenvalue weighted by molar-refractivity contribution is 5.79. The monoisotopic (exact) mass is 427 g/mol. The van der Waals surface area contributed by atoms with E-state index in [1.807, 2.05) is 6.92 Å². The lowest BCUT2D eigenvalue weighted by Crippen LogP contribution is -2.45. The topological polar surface area (TPSA) is 76.3 Å². The molecule has 170 valence electrons. The van der Waals surface area contributed by atoms with Crippen LogP contribution in [-0.4, -0.2) is 66.7 Å². The van der Waals surface area contributed by atoms with Crippen LogP contribution in [0.2, 0.25) is 0 Å². The normalized spacial score (nSPS) is 18.0. The van der Waals surface area contributed by atoms with Gasteiger partial charge in [0.25, 0.3) is 0 Å². The number of nitrogens with zero attached hydrogens (tertiary/aromatic N) is 3. The summed E-state index contributed by atoms with van der Waals surface area (Å²) < 4.78 is 5.36. The van der Waals surface area contributed by atoms with Gasteiger partial charge in [0.1, 0.15) is 11.4 Å². The van der Waals surface area contributed by atoms with Gasteiger partial charge in [-0.1, -0.05) is 31.2 Å². The molecule has 7 heteroatoms. The number of furan rings is 1. The van der Waals surface area contributed by atoms with Gasteiger partial charge in [0, 0.05) is 39.3 Å². The molecule has 3 rings (SSSR count). The maximum absolute atomic E-state index is 10.7. The first-order valence-corrected chi connectivity index (χ1v) is 11.3. The Hall–Kier alpha value is -2.35.